The molecule has 2 heterocycles. The number of hydrogen-bond donors (Lipinski definition) is 1. The van der Waals surface area contributed by atoms with Crippen LogP contribution < -0.4 is 14.8 Å². The minimum Gasteiger partial charge on any atom is -0.489 e. The zero-order valence-corrected chi connectivity index (χ0v) is 11.8. The molecule has 0 saturated carbocycles. The van der Waals surface area contributed by atoms with E-state index in [-0.39, 0.29) is 0 Å². The first-order chi connectivity index (χ1) is 9.34. The summed E-state index contributed by atoms with van der Waals surface area (Å²) < 4.78 is 11.6. The largest absolute Gasteiger partial charge is 0.489 e. The molecule has 1 aromatic rings. The lowest BCUT2D eigenvalue weighted by Gasteiger charge is -2.24. The van der Waals surface area contributed by atoms with Crippen LogP contribution >= 0.6 is 11.6 Å². The fraction of sp³-hybridized carbons (Fsp3) is 0.600. The van der Waals surface area contributed by atoms with Gasteiger partial charge in [0.25, 0.3) is 0 Å². The fourth-order valence-corrected chi connectivity index (χ4v) is 3.04. The first-order valence-corrected chi connectivity index (χ1v) is 7.50. The van der Waals surface area contributed by atoms with E-state index in [2.05, 4.69) is 11.4 Å². The van der Waals surface area contributed by atoms with E-state index in [9.17, 15) is 0 Å². The summed E-state index contributed by atoms with van der Waals surface area (Å²) in [5.41, 5.74) is 1.24. The Morgan fingerprint density at radius 3 is 2.63 bits per heavy atom. The highest BCUT2D eigenvalue weighted by atomic mass is 35.5. The number of hydrogen-bond acceptors (Lipinski definition) is 3. The van der Waals surface area contributed by atoms with Crippen molar-refractivity contribution in [3.8, 4) is 11.5 Å². The van der Waals surface area contributed by atoms with Crippen LogP contribution in [0.4, 0.5) is 0 Å². The molecular formula is C15H20ClNO2. The Balaban J connectivity index is 1.84. The Bertz CT molecular complexity index is 444. The molecule has 2 aliphatic heterocycles. The van der Waals surface area contributed by atoms with Crippen molar-refractivity contribution in [2.45, 2.75) is 25.7 Å². The number of piperidine rings is 1. The number of benzene rings is 1. The summed E-state index contributed by atoms with van der Waals surface area (Å²) >= 11 is 6.21. The van der Waals surface area contributed by atoms with Crippen molar-refractivity contribution in [2.75, 3.05) is 26.3 Å². The predicted molar refractivity (Wildman–Crippen MR) is 76.4 cm³/mol. The van der Waals surface area contributed by atoms with Gasteiger partial charge in [-0.05, 0) is 49.9 Å². The Hall–Kier alpha value is -0.930. The van der Waals surface area contributed by atoms with Crippen LogP contribution in [0.25, 0.3) is 0 Å². The molecule has 2 aliphatic rings. The standard InChI is InChI=1S/C15H20ClNO2/c16-13-3-2-12(10-11-4-6-17-7-5-11)14-15(13)19-9-1-8-18-14/h2-3,11,17H,1,4-10H2. The molecule has 3 rings (SSSR count). The van der Waals surface area contributed by atoms with Crippen molar-refractivity contribution in [2.24, 2.45) is 5.92 Å². The summed E-state index contributed by atoms with van der Waals surface area (Å²) in [6.45, 7) is 3.64. The highest BCUT2D eigenvalue weighted by Crippen LogP contribution is 2.41. The average molecular weight is 282 g/mol. The van der Waals surface area contributed by atoms with E-state index >= 15 is 0 Å². The van der Waals surface area contributed by atoms with Crippen molar-refractivity contribution in [3.63, 3.8) is 0 Å². The van der Waals surface area contributed by atoms with Crippen molar-refractivity contribution >= 4 is 11.6 Å². The molecule has 1 saturated heterocycles. The topological polar surface area (TPSA) is 30.5 Å². The van der Waals surface area contributed by atoms with E-state index in [4.69, 9.17) is 21.1 Å². The molecule has 1 fully saturated rings. The van der Waals surface area contributed by atoms with E-state index in [0.717, 1.165) is 43.3 Å². The lowest BCUT2D eigenvalue weighted by molar-refractivity contribution is 0.294. The molecule has 0 bridgehead atoms. The highest BCUT2D eigenvalue weighted by Gasteiger charge is 2.21. The van der Waals surface area contributed by atoms with Crippen molar-refractivity contribution in [1.82, 2.24) is 5.32 Å². The lowest BCUT2D eigenvalue weighted by Crippen LogP contribution is -2.28. The van der Waals surface area contributed by atoms with Gasteiger partial charge in [0.2, 0.25) is 0 Å². The molecule has 0 radical (unpaired) electrons. The molecule has 0 spiro atoms. The van der Waals surface area contributed by atoms with E-state index < -0.39 is 0 Å². The molecule has 0 unspecified atom stereocenters. The third-order valence-electron chi connectivity index (χ3n) is 3.89. The summed E-state index contributed by atoms with van der Waals surface area (Å²) in [7, 11) is 0. The van der Waals surface area contributed by atoms with Gasteiger partial charge < -0.3 is 14.8 Å². The molecular weight excluding hydrogens is 262 g/mol. The zero-order valence-electron chi connectivity index (χ0n) is 11.1. The summed E-state index contributed by atoms with van der Waals surface area (Å²) in [5, 5.41) is 4.06. The molecule has 19 heavy (non-hydrogen) atoms. The summed E-state index contributed by atoms with van der Waals surface area (Å²) in [6.07, 6.45) is 4.44. The van der Waals surface area contributed by atoms with E-state index in [1.165, 1.54) is 18.4 Å². The lowest BCUT2D eigenvalue weighted by atomic mass is 9.90. The van der Waals surface area contributed by atoms with Gasteiger partial charge in [-0.15, -0.1) is 0 Å². The Morgan fingerprint density at radius 2 is 1.84 bits per heavy atom. The first kappa shape index (κ1) is 13.1. The van der Waals surface area contributed by atoms with Crippen LogP contribution in [0.3, 0.4) is 0 Å². The molecule has 104 valence electrons. The maximum atomic E-state index is 6.21. The highest BCUT2D eigenvalue weighted by molar-refractivity contribution is 6.32. The number of rotatable bonds is 2. The van der Waals surface area contributed by atoms with Crippen LogP contribution in [0.5, 0.6) is 11.5 Å². The maximum absolute atomic E-state index is 6.21. The van der Waals surface area contributed by atoms with Crippen LogP contribution in [-0.2, 0) is 6.42 Å². The Labute approximate surface area is 119 Å². The van der Waals surface area contributed by atoms with Gasteiger partial charge in [-0.25, -0.2) is 0 Å². The van der Waals surface area contributed by atoms with Crippen molar-refractivity contribution in [3.05, 3.63) is 22.7 Å². The Kier molecular flexibility index (Phi) is 4.14. The van der Waals surface area contributed by atoms with E-state index in [0.29, 0.717) is 18.2 Å². The van der Waals surface area contributed by atoms with Gasteiger partial charge in [0.05, 0.1) is 18.2 Å². The van der Waals surface area contributed by atoms with Gasteiger partial charge in [-0.3, -0.25) is 0 Å². The first-order valence-electron chi connectivity index (χ1n) is 7.12. The van der Waals surface area contributed by atoms with Crippen LogP contribution in [0.1, 0.15) is 24.8 Å². The fourth-order valence-electron chi connectivity index (χ4n) is 2.84. The van der Waals surface area contributed by atoms with Crippen LogP contribution in [-0.4, -0.2) is 26.3 Å². The number of fused-ring (bicyclic) bond motifs is 1. The molecule has 4 heteroatoms. The monoisotopic (exact) mass is 281 g/mol. The number of ether oxygens (including phenoxy) is 2. The van der Waals surface area contributed by atoms with Gasteiger partial charge >= 0.3 is 0 Å². The molecule has 0 amide bonds. The average Bonchev–Trinajstić information content (AvgIpc) is 2.70. The quantitative estimate of drug-likeness (QED) is 0.904. The molecule has 1 aromatic carbocycles. The molecule has 3 nitrogen and oxygen atoms in total. The van der Waals surface area contributed by atoms with Crippen molar-refractivity contribution < 1.29 is 9.47 Å². The van der Waals surface area contributed by atoms with Gasteiger partial charge in [0, 0.05) is 6.42 Å². The molecule has 0 atom stereocenters. The van der Waals surface area contributed by atoms with Crippen LogP contribution in [0.2, 0.25) is 5.02 Å². The van der Waals surface area contributed by atoms with E-state index in [1.54, 1.807) is 0 Å². The second-order valence-electron chi connectivity index (χ2n) is 5.31. The van der Waals surface area contributed by atoms with Gasteiger partial charge in [-0.2, -0.15) is 0 Å². The summed E-state index contributed by atoms with van der Waals surface area (Å²) in [5.74, 6) is 2.35. The predicted octanol–water partition coefficient (Wildman–Crippen LogP) is 3.04. The second-order valence-corrected chi connectivity index (χ2v) is 5.72. The maximum Gasteiger partial charge on any atom is 0.180 e. The van der Waals surface area contributed by atoms with Crippen LogP contribution in [0, 0.1) is 5.92 Å². The molecule has 1 N–H and O–H groups in total. The van der Waals surface area contributed by atoms with Crippen LogP contribution in [0.15, 0.2) is 12.1 Å². The minimum atomic E-state index is 0.658. The SMILES string of the molecule is Clc1ccc(CC2CCNCC2)c2c1OCCCO2. The smallest absolute Gasteiger partial charge is 0.180 e. The van der Waals surface area contributed by atoms with Gasteiger partial charge in [0.15, 0.2) is 11.5 Å². The molecule has 0 aromatic heterocycles. The molecule has 0 aliphatic carbocycles. The van der Waals surface area contributed by atoms with Gasteiger partial charge in [0.1, 0.15) is 0 Å². The van der Waals surface area contributed by atoms with E-state index in [1.807, 2.05) is 6.07 Å². The normalized spacial score (nSPS) is 20.1. The summed E-state index contributed by atoms with van der Waals surface area (Å²) in [6, 6.07) is 4.03. The number of halogens is 1. The minimum absolute atomic E-state index is 0.658. The number of nitrogens with one attached hydrogen (secondary N) is 1. The third-order valence-corrected chi connectivity index (χ3v) is 4.19. The van der Waals surface area contributed by atoms with Crippen molar-refractivity contribution in [1.29, 1.82) is 0 Å². The zero-order chi connectivity index (χ0) is 13.1. The summed E-state index contributed by atoms with van der Waals surface area (Å²) in [4.78, 5) is 0. The Morgan fingerprint density at radius 1 is 1.11 bits per heavy atom. The second kappa shape index (κ2) is 6.02. The van der Waals surface area contributed by atoms with Gasteiger partial charge in [-0.1, -0.05) is 17.7 Å². The third kappa shape index (κ3) is 2.98.